The van der Waals surface area contributed by atoms with Gasteiger partial charge in [0.25, 0.3) is 4.92 Å². The van der Waals surface area contributed by atoms with Gasteiger partial charge in [0.1, 0.15) is 5.71 Å². The van der Waals surface area contributed by atoms with Crippen LogP contribution in [0.5, 0.6) is 0 Å². The molecule has 0 aromatic heterocycles. The van der Waals surface area contributed by atoms with Crippen LogP contribution < -0.4 is 0 Å². The van der Waals surface area contributed by atoms with Crippen LogP contribution in [0.3, 0.4) is 0 Å². The van der Waals surface area contributed by atoms with Crippen LogP contribution in [0.25, 0.3) is 0 Å². The van der Waals surface area contributed by atoms with Gasteiger partial charge in [0.2, 0.25) is 0 Å². The van der Waals surface area contributed by atoms with Crippen LogP contribution in [0.2, 0.25) is 0 Å². The smallest absolute Gasteiger partial charge is 0.312 e. The van der Waals surface area contributed by atoms with E-state index in [0.29, 0.717) is 22.9 Å². The first-order valence-corrected chi connectivity index (χ1v) is 6.38. The average molecular weight is 273 g/mol. The summed E-state index contributed by atoms with van der Waals surface area (Å²) in [4.78, 5) is 18.3. The van der Waals surface area contributed by atoms with Gasteiger partial charge in [-0.15, -0.1) is 0 Å². The highest BCUT2D eigenvalue weighted by Gasteiger charge is 2.30. The van der Waals surface area contributed by atoms with Crippen LogP contribution in [0.1, 0.15) is 27.7 Å². The van der Waals surface area contributed by atoms with E-state index in [1.165, 1.54) is 7.11 Å². The van der Waals surface area contributed by atoms with Gasteiger partial charge >= 0.3 is 5.70 Å². The van der Waals surface area contributed by atoms with E-state index in [0.717, 1.165) is 5.57 Å². The van der Waals surface area contributed by atoms with E-state index >= 15 is 0 Å². The number of likely N-dealkylation sites (N-methyl/N-ethyl adjacent to an activating group) is 1. The molecule has 0 saturated carbocycles. The SMILES string of the molecule is CC.CN(C)C.CO[N+](=O)C1=C(C)CN(C)N=C1C. The maximum absolute atomic E-state index is 11.2. The number of rotatable bonds is 2. The molecule has 19 heavy (non-hydrogen) atoms. The Bertz CT molecular complexity index is 333. The molecular formula is C13H29N4O2+. The molecule has 0 N–H and O–H groups in total. The molecule has 1 aliphatic heterocycles. The Morgan fingerprint density at radius 2 is 1.68 bits per heavy atom. The standard InChI is InChI=1S/C8H14N3O2.C3H9N.C2H6/c1-6-5-10(3)9-7(2)8(6)11(12)13-4;1-4(2)3;1-2/h5H2,1-4H3;1-3H3;1-2H3/q+1;;. The first-order chi connectivity index (χ1) is 8.79. The first-order valence-electron chi connectivity index (χ1n) is 6.38. The van der Waals surface area contributed by atoms with Gasteiger partial charge < -0.3 is 4.90 Å². The molecule has 0 aromatic rings. The summed E-state index contributed by atoms with van der Waals surface area (Å²) in [5, 5.41) is 5.94. The van der Waals surface area contributed by atoms with E-state index in [4.69, 9.17) is 0 Å². The molecule has 0 amide bonds. The predicted octanol–water partition coefficient (Wildman–Crippen LogP) is 2.13. The lowest BCUT2D eigenvalue weighted by Gasteiger charge is -2.18. The Morgan fingerprint density at radius 1 is 1.26 bits per heavy atom. The Kier molecular flexibility index (Phi) is 11.0. The molecule has 1 rings (SSSR count). The minimum atomic E-state index is 0.501. The summed E-state index contributed by atoms with van der Waals surface area (Å²) in [6, 6.07) is 0. The molecule has 0 unspecified atom stereocenters. The summed E-state index contributed by atoms with van der Waals surface area (Å²) in [6.45, 7) is 8.35. The van der Waals surface area contributed by atoms with Crippen LogP contribution >= 0.6 is 0 Å². The molecule has 0 saturated heterocycles. The molecule has 0 spiro atoms. The Morgan fingerprint density at radius 3 is 2.00 bits per heavy atom. The fraction of sp³-hybridized carbons (Fsp3) is 0.769. The molecule has 1 aliphatic rings. The zero-order chi connectivity index (χ0) is 15.6. The Hall–Kier alpha value is -1.43. The quantitative estimate of drug-likeness (QED) is 0.723. The van der Waals surface area contributed by atoms with Crippen molar-refractivity contribution in [3.05, 3.63) is 16.2 Å². The van der Waals surface area contributed by atoms with Crippen molar-refractivity contribution in [1.82, 2.24) is 9.91 Å². The summed E-state index contributed by atoms with van der Waals surface area (Å²) >= 11 is 0. The second kappa shape index (κ2) is 10.5. The topological polar surface area (TPSA) is 48.1 Å². The molecule has 0 fully saturated rings. The summed E-state index contributed by atoms with van der Waals surface area (Å²) in [5.74, 6) is 0. The van der Waals surface area contributed by atoms with E-state index < -0.39 is 0 Å². The minimum absolute atomic E-state index is 0.501. The zero-order valence-electron chi connectivity index (χ0n) is 13.8. The Labute approximate surface area is 117 Å². The maximum Gasteiger partial charge on any atom is 0.340 e. The first kappa shape index (κ1) is 19.9. The lowest BCUT2D eigenvalue weighted by atomic mass is 10.1. The summed E-state index contributed by atoms with van der Waals surface area (Å²) in [7, 11) is 9.21. The molecule has 0 atom stereocenters. The van der Waals surface area contributed by atoms with Gasteiger partial charge in [-0.1, -0.05) is 13.8 Å². The van der Waals surface area contributed by atoms with Crippen LogP contribution in [0.15, 0.2) is 16.4 Å². The van der Waals surface area contributed by atoms with E-state index in [9.17, 15) is 4.91 Å². The molecule has 1 heterocycles. The molecule has 0 radical (unpaired) electrons. The van der Waals surface area contributed by atoms with Crippen molar-refractivity contribution in [3.8, 4) is 0 Å². The lowest BCUT2D eigenvalue weighted by Crippen LogP contribution is -2.27. The summed E-state index contributed by atoms with van der Waals surface area (Å²) in [6.07, 6.45) is 0. The van der Waals surface area contributed by atoms with Gasteiger partial charge in [0.05, 0.1) is 11.5 Å². The van der Waals surface area contributed by atoms with Gasteiger partial charge in [-0.25, -0.2) is 4.84 Å². The maximum atomic E-state index is 11.2. The van der Waals surface area contributed by atoms with Crippen molar-refractivity contribution in [2.24, 2.45) is 5.10 Å². The summed E-state index contributed by atoms with van der Waals surface area (Å²) in [5.41, 5.74) is 2.18. The van der Waals surface area contributed by atoms with E-state index in [-0.39, 0.29) is 0 Å². The zero-order valence-corrected chi connectivity index (χ0v) is 13.8. The van der Waals surface area contributed by atoms with Gasteiger partial charge in [0.15, 0.2) is 7.11 Å². The van der Waals surface area contributed by atoms with Gasteiger partial charge in [-0.3, -0.25) is 5.01 Å². The number of hydrogen-bond donors (Lipinski definition) is 0. The number of allylic oxidation sites excluding steroid dienone is 1. The monoisotopic (exact) mass is 273 g/mol. The third-order valence-corrected chi connectivity index (χ3v) is 1.88. The largest absolute Gasteiger partial charge is 0.340 e. The van der Waals surface area contributed by atoms with E-state index in [1.54, 1.807) is 11.9 Å². The molecule has 6 nitrogen and oxygen atoms in total. The minimum Gasteiger partial charge on any atom is -0.312 e. The predicted molar refractivity (Wildman–Crippen MR) is 80.0 cm³/mol. The summed E-state index contributed by atoms with van der Waals surface area (Å²) < 4.78 is 0. The van der Waals surface area contributed by atoms with Crippen molar-refractivity contribution in [3.63, 3.8) is 0 Å². The van der Waals surface area contributed by atoms with Crippen molar-refractivity contribution in [1.29, 1.82) is 0 Å². The van der Waals surface area contributed by atoms with Gasteiger partial charge in [-0.2, -0.15) is 5.10 Å². The average Bonchev–Trinajstić information content (AvgIpc) is 2.29. The molecule has 6 heteroatoms. The highest BCUT2D eigenvalue weighted by atomic mass is 16.8. The molecule has 0 bridgehead atoms. The van der Waals surface area contributed by atoms with Gasteiger partial charge in [0, 0.05) is 12.6 Å². The fourth-order valence-electron chi connectivity index (χ4n) is 1.44. The van der Waals surface area contributed by atoms with E-state index in [1.807, 2.05) is 53.9 Å². The second-order valence-corrected chi connectivity index (χ2v) is 4.41. The van der Waals surface area contributed by atoms with E-state index in [2.05, 4.69) is 9.94 Å². The normalized spacial score (nSPS) is 14.0. The highest BCUT2D eigenvalue weighted by molar-refractivity contribution is 5.96. The molecule has 0 aliphatic carbocycles. The highest BCUT2D eigenvalue weighted by Crippen LogP contribution is 2.14. The fourth-order valence-corrected chi connectivity index (χ4v) is 1.44. The van der Waals surface area contributed by atoms with Crippen molar-refractivity contribution in [2.45, 2.75) is 27.7 Å². The molecular weight excluding hydrogens is 244 g/mol. The van der Waals surface area contributed by atoms with Crippen LogP contribution in [0, 0.1) is 4.91 Å². The van der Waals surface area contributed by atoms with Crippen LogP contribution in [-0.2, 0) is 4.84 Å². The third-order valence-electron chi connectivity index (χ3n) is 1.88. The van der Waals surface area contributed by atoms with Crippen molar-refractivity contribution < 1.29 is 9.76 Å². The molecule has 112 valence electrons. The van der Waals surface area contributed by atoms with Gasteiger partial charge in [-0.05, 0) is 35.0 Å². The number of nitrogens with zero attached hydrogens (tertiary/aromatic N) is 4. The van der Waals surface area contributed by atoms with Crippen molar-refractivity contribution in [2.75, 3.05) is 41.8 Å². The Balaban J connectivity index is 0. The third kappa shape index (κ3) is 8.31. The van der Waals surface area contributed by atoms with Crippen LogP contribution in [0.4, 0.5) is 0 Å². The lowest BCUT2D eigenvalue weighted by molar-refractivity contribution is -0.756. The second-order valence-electron chi connectivity index (χ2n) is 4.41. The number of hydrogen-bond acceptors (Lipinski definition) is 5. The van der Waals surface area contributed by atoms with Crippen LogP contribution in [-0.4, -0.2) is 62.4 Å². The van der Waals surface area contributed by atoms with Crippen molar-refractivity contribution >= 4 is 5.71 Å². The number of hydrazone groups is 1. The molecule has 0 aromatic carbocycles.